The molecule has 98 valence electrons. The van der Waals surface area contributed by atoms with Crippen molar-refractivity contribution < 1.29 is 14.1 Å². The highest BCUT2D eigenvalue weighted by Crippen LogP contribution is 2.25. The van der Waals surface area contributed by atoms with Gasteiger partial charge < -0.3 is 0 Å². The summed E-state index contributed by atoms with van der Waals surface area (Å²) in [5.74, 6) is -1.12. The number of nitrogens with zero attached hydrogens (tertiary/aromatic N) is 1. The molecule has 0 aliphatic rings. The molecule has 1 unspecified atom stereocenters. The van der Waals surface area contributed by atoms with Crippen molar-refractivity contribution in [3.63, 3.8) is 0 Å². The quantitative estimate of drug-likeness (QED) is 0.598. The highest BCUT2D eigenvalue weighted by atomic mass is 19.1. The maximum Gasteiger partial charge on any atom is 0.305 e. The molecule has 0 fully saturated rings. The first kappa shape index (κ1) is 14.3. The average molecular weight is 253 g/mol. The fourth-order valence-corrected chi connectivity index (χ4v) is 1.95. The van der Waals surface area contributed by atoms with Crippen LogP contribution in [0.15, 0.2) is 18.2 Å². The van der Waals surface area contributed by atoms with E-state index in [0.29, 0.717) is 0 Å². The zero-order chi connectivity index (χ0) is 13.9. The van der Waals surface area contributed by atoms with Crippen molar-refractivity contribution in [1.29, 1.82) is 0 Å². The number of hydrogen-bond acceptors (Lipinski definition) is 3. The second-order valence-corrected chi connectivity index (χ2v) is 4.67. The van der Waals surface area contributed by atoms with E-state index < -0.39 is 16.4 Å². The summed E-state index contributed by atoms with van der Waals surface area (Å²) in [5, 5.41) is 10.6. The van der Waals surface area contributed by atoms with Gasteiger partial charge in [-0.2, -0.15) is 4.39 Å². The van der Waals surface area contributed by atoms with E-state index in [1.807, 2.05) is 13.8 Å². The minimum absolute atomic E-state index is 0.0316. The van der Waals surface area contributed by atoms with E-state index in [9.17, 15) is 19.3 Å². The molecule has 0 radical (unpaired) electrons. The van der Waals surface area contributed by atoms with Gasteiger partial charge in [0.15, 0.2) is 0 Å². The highest BCUT2D eigenvalue weighted by Gasteiger charge is 2.23. The van der Waals surface area contributed by atoms with Gasteiger partial charge in [-0.05, 0) is 24.8 Å². The van der Waals surface area contributed by atoms with Crippen LogP contribution >= 0.6 is 0 Å². The molecule has 0 aromatic heterocycles. The van der Waals surface area contributed by atoms with Crippen molar-refractivity contribution in [2.24, 2.45) is 11.8 Å². The minimum atomic E-state index is -0.839. The van der Waals surface area contributed by atoms with Gasteiger partial charge in [-0.3, -0.25) is 14.9 Å². The van der Waals surface area contributed by atoms with Crippen molar-refractivity contribution in [2.75, 3.05) is 0 Å². The Morgan fingerprint density at radius 1 is 1.44 bits per heavy atom. The van der Waals surface area contributed by atoms with E-state index in [1.54, 1.807) is 0 Å². The average Bonchev–Trinajstić information content (AvgIpc) is 2.26. The first-order valence-corrected chi connectivity index (χ1v) is 5.76. The monoisotopic (exact) mass is 253 g/mol. The second kappa shape index (κ2) is 5.71. The van der Waals surface area contributed by atoms with E-state index >= 15 is 0 Å². The van der Waals surface area contributed by atoms with Crippen molar-refractivity contribution >= 4 is 11.5 Å². The fraction of sp³-hybridized carbons (Fsp3) is 0.462. The van der Waals surface area contributed by atoms with E-state index in [2.05, 4.69) is 0 Å². The maximum atomic E-state index is 13.9. The third-order valence-corrected chi connectivity index (χ3v) is 3.02. The molecule has 0 spiro atoms. The SMILES string of the molecule is CC(=O)C(Cc1cccc([N+](=O)[O-])c1F)C(C)C. The Kier molecular flexibility index (Phi) is 4.53. The Bertz CT molecular complexity index is 471. The van der Waals surface area contributed by atoms with Crippen LogP contribution in [0, 0.1) is 27.8 Å². The molecule has 1 atom stereocenters. The van der Waals surface area contributed by atoms with Gasteiger partial charge in [0.2, 0.25) is 5.82 Å². The lowest BCUT2D eigenvalue weighted by Crippen LogP contribution is -2.20. The molecule has 18 heavy (non-hydrogen) atoms. The molecule has 0 aliphatic heterocycles. The fourth-order valence-electron chi connectivity index (χ4n) is 1.95. The lowest BCUT2D eigenvalue weighted by atomic mass is 9.86. The molecule has 5 heteroatoms. The first-order valence-electron chi connectivity index (χ1n) is 5.76. The summed E-state index contributed by atoms with van der Waals surface area (Å²) in [6.45, 7) is 5.21. The van der Waals surface area contributed by atoms with Crippen molar-refractivity contribution in [2.45, 2.75) is 27.2 Å². The van der Waals surface area contributed by atoms with Gasteiger partial charge in [0.25, 0.3) is 0 Å². The Morgan fingerprint density at radius 3 is 2.50 bits per heavy atom. The van der Waals surface area contributed by atoms with Crippen LogP contribution < -0.4 is 0 Å². The van der Waals surface area contributed by atoms with E-state index in [1.165, 1.54) is 19.1 Å². The van der Waals surface area contributed by atoms with Crippen molar-refractivity contribution in [3.05, 3.63) is 39.7 Å². The van der Waals surface area contributed by atoms with Crippen LogP contribution in [0.25, 0.3) is 0 Å². The topological polar surface area (TPSA) is 60.2 Å². The Balaban J connectivity index is 3.07. The zero-order valence-corrected chi connectivity index (χ0v) is 10.6. The minimum Gasteiger partial charge on any atom is -0.300 e. The number of Topliss-reactive ketones (excluding diaryl/α,β-unsaturated/α-hetero) is 1. The number of hydrogen-bond donors (Lipinski definition) is 0. The number of carbonyl (C=O) groups is 1. The largest absolute Gasteiger partial charge is 0.305 e. The van der Waals surface area contributed by atoms with Gasteiger partial charge in [-0.1, -0.05) is 26.0 Å². The number of nitro groups is 1. The van der Waals surface area contributed by atoms with Crippen LogP contribution in [0.3, 0.4) is 0 Å². The molecule has 1 aromatic carbocycles. The van der Waals surface area contributed by atoms with Crippen molar-refractivity contribution in [3.8, 4) is 0 Å². The normalized spacial score (nSPS) is 12.5. The van der Waals surface area contributed by atoms with Gasteiger partial charge in [-0.25, -0.2) is 0 Å². The number of ketones is 1. The molecule has 4 nitrogen and oxygen atoms in total. The smallest absolute Gasteiger partial charge is 0.300 e. The molecule has 0 saturated carbocycles. The van der Waals surface area contributed by atoms with Crippen LogP contribution in [-0.2, 0) is 11.2 Å². The molecule has 1 rings (SSSR count). The number of nitro benzene ring substituents is 1. The van der Waals surface area contributed by atoms with Crippen molar-refractivity contribution in [1.82, 2.24) is 0 Å². The first-order chi connectivity index (χ1) is 8.34. The van der Waals surface area contributed by atoms with Crippen LogP contribution in [0.4, 0.5) is 10.1 Å². The summed E-state index contributed by atoms with van der Waals surface area (Å²) in [4.78, 5) is 21.3. The standard InChI is InChI=1S/C13H16FNO3/c1-8(2)11(9(3)16)7-10-5-4-6-12(13(10)14)15(17)18/h4-6,8,11H,7H2,1-3H3. The maximum absolute atomic E-state index is 13.9. The van der Waals surface area contributed by atoms with E-state index in [0.717, 1.165) is 6.07 Å². The molecular formula is C13H16FNO3. The predicted octanol–water partition coefficient (Wildman–Crippen LogP) is 3.14. The van der Waals surface area contributed by atoms with Gasteiger partial charge in [0, 0.05) is 12.0 Å². The Morgan fingerprint density at radius 2 is 2.06 bits per heavy atom. The molecule has 0 N–H and O–H groups in total. The molecule has 0 bridgehead atoms. The van der Waals surface area contributed by atoms with Crippen LogP contribution in [0.5, 0.6) is 0 Å². The Labute approximate surface area is 105 Å². The van der Waals surface area contributed by atoms with Crippen LogP contribution in [-0.4, -0.2) is 10.7 Å². The molecule has 0 aliphatic carbocycles. The highest BCUT2D eigenvalue weighted by molar-refractivity contribution is 5.78. The summed E-state index contributed by atoms with van der Waals surface area (Å²) in [6, 6.07) is 4.05. The third kappa shape index (κ3) is 3.12. The van der Waals surface area contributed by atoms with Gasteiger partial charge in [0.05, 0.1) is 4.92 Å². The van der Waals surface area contributed by atoms with Crippen LogP contribution in [0.1, 0.15) is 26.3 Å². The number of carbonyl (C=O) groups excluding carboxylic acids is 1. The second-order valence-electron chi connectivity index (χ2n) is 4.67. The number of benzene rings is 1. The lowest BCUT2D eigenvalue weighted by molar-refractivity contribution is -0.387. The molecule has 1 aromatic rings. The lowest BCUT2D eigenvalue weighted by Gasteiger charge is -2.17. The summed E-state index contributed by atoms with van der Waals surface area (Å²) in [7, 11) is 0. The molecule has 0 amide bonds. The molecular weight excluding hydrogens is 237 g/mol. The summed E-state index contributed by atoms with van der Waals surface area (Å²) in [5.41, 5.74) is -0.323. The van der Waals surface area contributed by atoms with Gasteiger partial charge >= 0.3 is 5.69 Å². The van der Waals surface area contributed by atoms with Crippen LogP contribution in [0.2, 0.25) is 0 Å². The van der Waals surface area contributed by atoms with E-state index in [4.69, 9.17) is 0 Å². The van der Waals surface area contributed by atoms with E-state index in [-0.39, 0.29) is 29.6 Å². The third-order valence-electron chi connectivity index (χ3n) is 3.02. The summed E-state index contributed by atoms with van der Waals surface area (Å²) < 4.78 is 13.9. The Hall–Kier alpha value is -1.78. The predicted molar refractivity (Wildman–Crippen MR) is 65.8 cm³/mol. The molecule has 0 heterocycles. The summed E-state index contributed by atoms with van der Waals surface area (Å²) in [6.07, 6.45) is 0.195. The van der Waals surface area contributed by atoms with Gasteiger partial charge in [-0.15, -0.1) is 0 Å². The number of halogens is 1. The summed E-state index contributed by atoms with van der Waals surface area (Å²) >= 11 is 0. The molecule has 0 saturated heterocycles. The number of rotatable bonds is 5. The van der Waals surface area contributed by atoms with Gasteiger partial charge in [0.1, 0.15) is 5.78 Å². The zero-order valence-electron chi connectivity index (χ0n) is 10.6.